The molecule has 8 nitrogen and oxygen atoms in total. The van der Waals surface area contributed by atoms with Gasteiger partial charge in [0.15, 0.2) is 14.2 Å². The zero-order valence-corrected chi connectivity index (χ0v) is 24.4. The van der Waals surface area contributed by atoms with E-state index >= 15 is 0 Å². The number of hydrogen-bond donors (Lipinski definition) is 0. The third-order valence-corrected chi connectivity index (χ3v) is 5.77. The second-order valence-corrected chi connectivity index (χ2v) is 17.5. The van der Waals surface area contributed by atoms with E-state index in [-0.39, 0.29) is 12.0 Å². The molecule has 1 saturated heterocycles. The predicted octanol–water partition coefficient (Wildman–Crippen LogP) is 5.15. The Morgan fingerprint density at radius 1 is 0.735 bits per heavy atom. The number of carbonyl (C=O) groups is 3. The number of likely N-dealkylation sites (tertiary alicyclic amines) is 1. The maximum Gasteiger partial charge on any atom is 0.410 e. The zero-order chi connectivity index (χ0) is 26.7. The van der Waals surface area contributed by atoms with E-state index in [2.05, 4.69) is 0 Å². The molecule has 0 N–H and O–H groups in total. The highest BCUT2D eigenvalue weighted by atomic mass is 28.4. The molecule has 34 heavy (non-hydrogen) atoms. The monoisotopic (exact) mass is 501 g/mol. The first-order valence-corrected chi connectivity index (χ1v) is 15.6. The fraction of sp³-hybridized carbons (Fsp3) is 0.880. The molecular weight excluding hydrogens is 454 g/mol. The van der Waals surface area contributed by atoms with Crippen molar-refractivity contribution in [2.75, 3.05) is 13.1 Å². The topological polar surface area (TPSA) is 91.4 Å². The van der Waals surface area contributed by atoms with E-state index < -0.39 is 49.1 Å². The average Bonchev–Trinajstić information content (AvgIpc) is 2.55. The summed E-state index contributed by atoms with van der Waals surface area (Å²) in [6.07, 6.45) is 0.106. The number of carbonyl (C=O) groups excluding carboxylic acids is 3. The minimum Gasteiger partial charge on any atom is -0.459 e. The van der Waals surface area contributed by atoms with Gasteiger partial charge in [0.25, 0.3) is 0 Å². The third-order valence-electron chi connectivity index (χ3n) is 4.80. The lowest BCUT2D eigenvalue weighted by atomic mass is 9.84. The number of ether oxygens (including phenoxy) is 3. The van der Waals surface area contributed by atoms with Crippen molar-refractivity contribution < 1.29 is 33.0 Å². The van der Waals surface area contributed by atoms with Crippen LogP contribution in [0, 0.1) is 11.8 Å². The van der Waals surface area contributed by atoms with Crippen LogP contribution in [0.5, 0.6) is 0 Å². The fourth-order valence-corrected chi connectivity index (χ4v) is 4.82. The SMILES string of the molecule is CC(C)(C)OC(=O)C(C(=O)OC(C)(C)C)C(O[Si](C)(C)C)C1CCN(C(=O)OC(C)(C)C)CC1. The van der Waals surface area contributed by atoms with Crippen molar-refractivity contribution >= 4 is 26.3 Å². The number of hydrogen-bond acceptors (Lipinski definition) is 7. The largest absolute Gasteiger partial charge is 0.459 e. The molecule has 0 aromatic carbocycles. The molecule has 0 radical (unpaired) electrons. The third kappa shape index (κ3) is 11.2. The fourth-order valence-electron chi connectivity index (χ4n) is 3.68. The molecule has 198 valence electrons. The highest BCUT2D eigenvalue weighted by Crippen LogP contribution is 2.33. The second-order valence-electron chi connectivity index (χ2n) is 13.0. The van der Waals surface area contributed by atoms with Crippen LogP contribution in [0.15, 0.2) is 0 Å². The van der Waals surface area contributed by atoms with Crippen LogP contribution in [-0.2, 0) is 28.2 Å². The van der Waals surface area contributed by atoms with Crippen LogP contribution >= 0.6 is 0 Å². The Hall–Kier alpha value is -1.61. The van der Waals surface area contributed by atoms with Crippen molar-refractivity contribution in [3.05, 3.63) is 0 Å². The summed E-state index contributed by atoms with van der Waals surface area (Å²) in [6, 6.07) is 0. The minimum atomic E-state index is -2.17. The first kappa shape index (κ1) is 30.4. The Labute approximate surface area is 207 Å². The summed E-state index contributed by atoms with van der Waals surface area (Å²) < 4.78 is 23.3. The number of rotatable bonds is 6. The Bertz CT molecular complexity index is 690. The smallest absolute Gasteiger partial charge is 0.410 e. The van der Waals surface area contributed by atoms with Crippen molar-refractivity contribution in [2.24, 2.45) is 11.8 Å². The Balaban J connectivity index is 3.22. The summed E-state index contributed by atoms with van der Waals surface area (Å²) >= 11 is 0. The Kier molecular flexibility index (Phi) is 9.82. The van der Waals surface area contributed by atoms with Crippen LogP contribution in [0.4, 0.5) is 4.79 Å². The van der Waals surface area contributed by atoms with Crippen molar-refractivity contribution in [1.29, 1.82) is 0 Å². The van der Waals surface area contributed by atoms with E-state index in [0.29, 0.717) is 25.9 Å². The first-order chi connectivity index (χ1) is 15.1. The lowest BCUT2D eigenvalue weighted by Crippen LogP contribution is -2.52. The molecule has 9 heteroatoms. The molecule has 0 bridgehead atoms. The van der Waals surface area contributed by atoms with Gasteiger partial charge in [-0.1, -0.05) is 0 Å². The predicted molar refractivity (Wildman–Crippen MR) is 134 cm³/mol. The molecule has 1 amide bonds. The molecule has 0 aliphatic carbocycles. The molecule has 0 aromatic rings. The van der Waals surface area contributed by atoms with Gasteiger partial charge in [-0.25, -0.2) is 4.79 Å². The molecule has 1 unspecified atom stereocenters. The maximum absolute atomic E-state index is 13.3. The number of esters is 2. The molecule has 1 rings (SSSR count). The van der Waals surface area contributed by atoms with Gasteiger partial charge in [-0.15, -0.1) is 0 Å². The Morgan fingerprint density at radius 3 is 1.44 bits per heavy atom. The van der Waals surface area contributed by atoms with Gasteiger partial charge in [0.2, 0.25) is 0 Å². The highest BCUT2D eigenvalue weighted by Gasteiger charge is 2.47. The lowest BCUT2D eigenvalue weighted by molar-refractivity contribution is -0.181. The van der Waals surface area contributed by atoms with Gasteiger partial charge in [-0.05, 0) is 101 Å². The van der Waals surface area contributed by atoms with E-state index in [4.69, 9.17) is 18.6 Å². The normalized spacial score (nSPS) is 17.4. The van der Waals surface area contributed by atoms with Gasteiger partial charge in [-0.3, -0.25) is 9.59 Å². The van der Waals surface area contributed by atoms with Crippen LogP contribution in [0.25, 0.3) is 0 Å². The second kappa shape index (κ2) is 11.0. The molecule has 1 aliphatic heterocycles. The van der Waals surface area contributed by atoms with Gasteiger partial charge in [0.05, 0.1) is 6.10 Å². The molecule has 0 saturated carbocycles. The minimum absolute atomic E-state index is 0.115. The van der Waals surface area contributed by atoms with Gasteiger partial charge in [0, 0.05) is 13.1 Å². The standard InChI is InChI=1S/C25H47NO7Si/c1-23(2,3)30-20(27)18(21(28)31-24(4,5)6)19(33-34(10,11)12)17-13-15-26(16-14-17)22(29)32-25(7,8)9/h17-19H,13-16H2,1-12H3. The van der Waals surface area contributed by atoms with Crippen LogP contribution < -0.4 is 0 Å². The van der Waals surface area contributed by atoms with Gasteiger partial charge < -0.3 is 23.5 Å². The van der Waals surface area contributed by atoms with Gasteiger partial charge in [0.1, 0.15) is 16.8 Å². The van der Waals surface area contributed by atoms with Gasteiger partial charge in [-0.2, -0.15) is 0 Å². The van der Waals surface area contributed by atoms with Crippen molar-refractivity contribution in [3.8, 4) is 0 Å². The first-order valence-electron chi connectivity index (χ1n) is 12.2. The van der Waals surface area contributed by atoms with E-state index in [9.17, 15) is 14.4 Å². The van der Waals surface area contributed by atoms with Crippen LogP contribution in [0.1, 0.15) is 75.2 Å². The summed E-state index contributed by atoms with van der Waals surface area (Å²) in [7, 11) is -2.17. The van der Waals surface area contributed by atoms with Gasteiger partial charge >= 0.3 is 18.0 Å². The van der Waals surface area contributed by atoms with Crippen LogP contribution in [-0.4, -0.2) is 67.2 Å². The average molecular weight is 502 g/mol. The summed E-state index contributed by atoms with van der Waals surface area (Å²) in [5.41, 5.74) is -2.10. The van der Waals surface area contributed by atoms with E-state index in [0.717, 1.165) is 0 Å². The van der Waals surface area contributed by atoms with Crippen LogP contribution in [0.3, 0.4) is 0 Å². The summed E-state index contributed by atoms with van der Waals surface area (Å²) in [6.45, 7) is 23.1. The molecule has 1 aliphatic rings. The van der Waals surface area contributed by atoms with E-state index in [1.54, 1.807) is 46.4 Å². The Morgan fingerprint density at radius 2 is 1.12 bits per heavy atom. The lowest BCUT2D eigenvalue weighted by Gasteiger charge is -2.41. The quantitative estimate of drug-likeness (QED) is 0.215. The molecule has 0 aromatic heterocycles. The number of amides is 1. The summed E-state index contributed by atoms with van der Waals surface area (Å²) in [5.74, 6) is -2.60. The van der Waals surface area contributed by atoms with E-state index in [1.807, 2.05) is 40.4 Å². The molecule has 1 heterocycles. The van der Waals surface area contributed by atoms with Crippen molar-refractivity contribution in [3.63, 3.8) is 0 Å². The van der Waals surface area contributed by atoms with Crippen LogP contribution in [0.2, 0.25) is 19.6 Å². The molecule has 1 fully saturated rings. The number of nitrogens with zero attached hydrogens (tertiary/aromatic N) is 1. The highest BCUT2D eigenvalue weighted by molar-refractivity contribution is 6.69. The van der Waals surface area contributed by atoms with Crippen molar-refractivity contribution in [2.45, 2.75) is 118 Å². The summed E-state index contributed by atoms with van der Waals surface area (Å²) in [5, 5.41) is 0. The zero-order valence-electron chi connectivity index (χ0n) is 23.4. The van der Waals surface area contributed by atoms with Crippen molar-refractivity contribution in [1.82, 2.24) is 4.90 Å². The molecular formula is C25H47NO7Si. The van der Waals surface area contributed by atoms with E-state index in [1.165, 1.54) is 0 Å². The maximum atomic E-state index is 13.3. The number of piperidine rings is 1. The summed E-state index contributed by atoms with van der Waals surface area (Å²) in [4.78, 5) is 40.8. The molecule has 1 atom stereocenters. The molecule has 0 spiro atoms.